The fourth-order valence-electron chi connectivity index (χ4n) is 2.55. The van der Waals surface area contributed by atoms with Gasteiger partial charge in [-0.05, 0) is 24.5 Å². The zero-order valence-corrected chi connectivity index (χ0v) is 11.4. The molecule has 0 bridgehead atoms. The second-order valence-corrected chi connectivity index (χ2v) is 5.30. The molecule has 0 aromatic heterocycles. The van der Waals surface area contributed by atoms with E-state index in [-0.39, 0.29) is 34.8 Å². The van der Waals surface area contributed by atoms with E-state index in [9.17, 15) is 13.9 Å². The summed E-state index contributed by atoms with van der Waals surface area (Å²) in [5.74, 6) is -1.20. The molecule has 1 aromatic rings. The monoisotopic (exact) mass is 286 g/mol. The van der Waals surface area contributed by atoms with Gasteiger partial charge in [0.1, 0.15) is 22.3 Å². The van der Waals surface area contributed by atoms with E-state index in [1.54, 1.807) is 4.90 Å². The van der Waals surface area contributed by atoms with Crippen LogP contribution in [0.5, 0.6) is 0 Å². The molecule has 2 rings (SSSR count). The van der Waals surface area contributed by atoms with E-state index in [2.05, 4.69) is 0 Å². The number of aliphatic hydroxyl groups excluding tert-OH is 1. The molecule has 104 valence electrons. The highest BCUT2D eigenvalue weighted by Gasteiger charge is 2.33. The third kappa shape index (κ3) is 2.55. The number of aliphatic hydroxyl groups is 1. The van der Waals surface area contributed by atoms with Crippen LogP contribution in [0.15, 0.2) is 12.1 Å². The normalized spacial score (nSPS) is 22.8. The Hall–Kier alpha value is -1.27. The van der Waals surface area contributed by atoms with Gasteiger partial charge in [-0.1, -0.05) is 19.1 Å². The predicted octanol–water partition coefficient (Wildman–Crippen LogP) is 1.81. The Morgan fingerprint density at radius 1 is 1.47 bits per heavy atom. The van der Waals surface area contributed by atoms with Crippen molar-refractivity contribution in [3.05, 3.63) is 29.3 Å². The fourth-order valence-corrected chi connectivity index (χ4v) is 2.66. The molecule has 6 heteroatoms. The number of nitrogens with zero attached hydrogens (tertiary/aromatic N) is 1. The standard InChI is InChI=1S/C13H16F2N2OS/c1-7-2-3-17(11(7)6-18)12-9(14)4-8(13(16)19)5-10(12)15/h4-5,7,11,18H,2-3,6H2,1H3,(H2,16,19). The lowest BCUT2D eigenvalue weighted by Gasteiger charge is -2.28. The summed E-state index contributed by atoms with van der Waals surface area (Å²) in [6, 6.07) is 2.01. The molecular weight excluding hydrogens is 270 g/mol. The van der Waals surface area contributed by atoms with Gasteiger partial charge in [0, 0.05) is 12.1 Å². The quantitative estimate of drug-likeness (QED) is 0.832. The highest BCUT2D eigenvalue weighted by Crippen LogP contribution is 2.33. The van der Waals surface area contributed by atoms with Crippen LogP contribution in [0.4, 0.5) is 14.5 Å². The summed E-state index contributed by atoms with van der Waals surface area (Å²) in [4.78, 5) is 1.54. The van der Waals surface area contributed by atoms with Crippen LogP contribution in [0, 0.1) is 17.6 Å². The number of thiocarbonyl (C=S) groups is 1. The third-order valence-electron chi connectivity index (χ3n) is 3.66. The van der Waals surface area contributed by atoms with Crippen LogP contribution in [0.2, 0.25) is 0 Å². The molecule has 2 unspecified atom stereocenters. The molecule has 19 heavy (non-hydrogen) atoms. The Balaban J connectivity index is 2.43. The molecule has 1 aliphatic rings. The first-order chi connectivity index (χ1) is 8.95. The Morgan fingerprint density at radius 2 is 2.05 bits per heavy atom. The molecule has 3 N–H and O–H groups in total. The molecule has 0 radical (unpaired) electrons. The zero-order chi connectivity index (χ0) is 14.2. The number of nitrogens with two attached hydrogens (primary N) is 1. The van der Waals surface area contributed by atoms with E-state index >= 15 is 0 Å². The highest BCUT2D eigenvalue weighted by atomic mass is 32.1. The Labute approximate surface area is 116 Å². The molecule has 1 fully saturated rings. The Bertz CT molecular complexity index is 486. The van der Waals surface area contributed by atoms with Gasteiger partial charge in [0.15, 0.2) is 0 Å². The van der Waals surface area contributed by atoms with Gasteiger partial charge in [-0.3, -0.25) is 0 Å². The smallest absolute Gasteiger partial charge is 0.150 e. The van der Waals surface area contributed by atoms with Gasteiger partial charge in [-0.25, -0.2) is 8.78 Å². The molecule has 3 nitrogen and oxygen atoms in total. The Kier molecular flexibility index (Phi) is 4.01. The number of hydrogen-bond acceptors (Lipinski definition) is 3. The molecule has 0 amide bonds. The van der Waals surface area contributed by atoms with E-state index < -0.39 is 11.6 Å². The summed E-state index contributed by atoms with van der Waals surface area (Å²) in [6.07, 6.45) is 0.793. The lowest BCUT2D eigenvalue weighted by molar-refractivity contribution is 0.244. The van der Waals surface area contributed by atoms with Crippen molar-refractivity contribution in [3.8, 4) is 0 Å². The maximum absolute atomic E-state index is 14.1. The summed E-state index contributed by atoms with van der Waals surface area (Å²) < 4.78 is 28.2. The first-order valence-corrected chi connectivity index (χ1v) is 6.53. The molecular formula is C13H16F2N2OS. The maximum atomic E-state index is 14.1. The SMILES string of the molecule is CC1CCN(c2c(F)cc(C(N)=S)cc2F)C1CO. The molecule has 0 saturated carbocycles. The minimum Gasteiger partial charge on any atom is -0.394 e. The molecule has 1 aromatic carbocycles. The van der Waals surface area contributed by atoms with Crippen molar-refractivity contribution in [2.45, 2.75) is 19.4 Å². The van der Waals surface area contributed by atoms with Crippen LogP contribution in [-0.4, -0.2) is 29.3 Å². The fraction of sp³-hybridized carbons (Fsp3) is 0.462. The number of hydrogen-bond donors (Lipinski definition) is 2. The van der Waals surface area contributed by atoms with Gasteiger partial charge in [-0.15, -0.1) is 0 Å². The molecule has 1 heterocycles. The number of halogens is 2. The lowest BCUT2D eigenvalue weighted by atomic mass is 10.0. The third-order valence-corrected chi connectivity index (χ3v) is 3.89. The zero-order valence-electron chi connectivity index (χ0n) is 10.6. The van der Waals surface area contributed by atoms with Crippen molar-refractivity contribution in [3.63, 3.8) is 0 Å². The second-order valence-electron chi connectivity index (χ2n) is 4.86. The molecule has 0 spiro atoms. The number of rotatable bonds is 3. The van der Waals surface area contributed by atoms with E-state index in [4.69, 9.17) is 18.0 Å². The largest absolute Gasteiger partial charge is 0.394 e. The van der Waals surface area contributed by atoms with Gasteiger partial charge >= 0.3 is 0 Å². The summed E-state index contributed by atoms with van der Waals surface area (Å²) >= 11 is 4.71. The average molecular weight is 286 g/mol. The molecule has 0 aliphatic carbocycles. The molecule has 1 aliphatic heterocycles. The molecule has 1 saturated heterocycles. The predicted molar refractivity (Wildman–Crippen MR) is 74.2 cm³/mol. The van der Waals surface area contributed by atoms with E-state index in [0.29, 0.717) is 6.54 Å². The van der Waals surface area contributed by atoms with Gasteiger partial charge < -0.3 is 15.7 Å². The molecule has 2 atom stereocenters. The van der Waals surface area contributed by atoms with Gasteiger partial charge in [-0.2, -0.15) is 0 Å². The van der Waals surface area contributed by atoms with Crippen LogP contribution in [0.1, 0.15) is 18.9 Å². The van der Waals surface area contributed by atoms with E-state index in [1.807, 2.05) is 6.92 Å². The van der Waals surface area contributed by atoms with Crippen molar-refractivity contribution in [2.24, 2.45) is 11.7 Å². The second kappa shape index (κ2) is 5.38. The van der Waals surface area contributed by atoms with Crippen LogP contribution in [0.3, 0.4) is 0 Å². The van der Waals surface area contributed by atoms with Crippen molar-refractivity contribution >= 4 is 22.9 Å². The minimum atomic E-state index is -0.699. The van der Waals surface area contributed by atoms with E-state index in [1.165, 1.54) is 0 Å². The summed E-state index contributed by atoms with van der Waals surface area (Å²) in [5.41, 5.74) is 5.44. The first kappa shape index (κ1) is 14.1. The Morgan fingerprint density at radius 3 is 2.53 bits per heavy atom. The first-order valence-electron chi connectivity index (χ1n) is 6.12. The van der Waals surface area contributed by atoms with Gasteiger partial charge in [0.25, 0.3) is 0 Å². The van der Waals surface area contributed by atoms with E-state index in [0.717, 1.165) is 18.6 Å². The minimum absolute atomic E-state index is 0.0437. The van der Waals surface area contributed by atoms with Crippen LogP contribution >= 0.6 is 12.2 Å². The maximum Gasteiger partial charge on any atom is 0.150 e. The van der Waals surface area contributed by atoms with Crippen LogP contribution in [-0.2, 0) is 0 Å². The number of anilines is 1. The van der Waals surface area contributed by atoms with Crippen molar-refractivity contribution in [1.82, 2.24) is 0 Å². The van der Waals surface area contributed by atoms with Crippen molar-refractivity contribution < 1.29 is 13.9 Å². The van der Waals surface area contributed by atoms with Crippen molar-refractivity contribution in [1.29, 1.82) is 0 Å². The summed E-state index contributed by atoms with van der Waals surface area (Å²) in [5, 5.41) is 9.37. The summed E-state index contributed by atoms with van der Waals surface area (Å²) in [6.45, 7) is 2.35. The van der Waals surface area contributed by atoms with Gasteiger partial charge in [0.05, 0.1) is 12.6 Å². The van der Waals surface area contributed by atoms with Crippen LogP contribution < -0.4 is 10.6 Å². The average Bonchev–Trinajstić information content (AvgIpc) is 2.69. The number of benzene rings is 1. The van der Waals surface area contributed by atoms with Crippen molar-refractivity contribution in [2.75, 3.05) is 18.1 Å². The van der Waals surface area contributed by atoms with Crippen LogP contribution in [0.25, 0.3) is 0 Å². The topological polar surface area (TPSA) is 49.5 Å². The highest BCUT2D eigenvalue weighted by molar-refractivity contribution is 7.80. The van der Waals surface area contributed by atoms with Gasteiger partial charge in [0.2, 0.25) is 0 Å². The lowest BCUT2D eigenvalue weighted by Crippen LogP contribution is -2.36. The summed E-state index contributed by atoms with van der Waals surface area (Å²) in [7, 11) is 0.